The van der Waals surface area contributed by atoms with Crippen LogP contribution >= 0.6 is 11.3 Å². The second-order valence-corrected chi connectivity index (χ2v) is 31.9. The number of hydrogen-bond donors (Lipinski definition) is 1. The number of carbonyl (C=O) groups is 1. The molecular weight excluding hydrogens is 945 g/mol. The molecule has 3 aromatic carbocycles. The molecule has 0 atom stereocenters. The number of aromatic nitrogens is 2. The van der Waals surface area contributed by atoms with Gasteiger partial charge in [-0.15, -0.1) is 0 Å². The molecule has 2 aromatic heterocycles. The van der Waals surface area contributed by atoms with Crippen molar-refractivity contribution in [1.82, 2.24) is 9.97 Å². The van der Waals surface area contributed by atoms with Crippen LogP contribution in [0.5, 0.6) is 0 Å². The minimum atomic E-state index is -2.60. The molecule has 2 heterocycles. The van der Waals surface area contributed by atoms with Crippen molar-refractivity contribution in [3.05, 3.63) is 78.3 Å². The van der Waals surface area contributed by atoms with Crippen LogP contribution in [0.3, 0.4) is 0 Å². The van der Waals surface area contributed by atoms with Gasteiger partial charge in [0, 0.05) is 37.0 Å². The summed E-state index contributed by atoms with van der Waals surface area (Å²) in [6.45, 7) is 33.8. The van der Waals surface area contributed by atoms with Gasteiger partial charge in [-0.2, -0.15) is 0 Å². The van der Waals surface area contributed by atoms with Crippen LogP contribution < -0.4 is 4.40 Å². The largest absolute Gasteiger partial charge is 0 e. The van der Waals surface area contributed by atoms with Gasteiger partial charge in [0.2, 0.25) is 0 Å². The smallest absolute Gasteiger partial charge is 0 e. The summed E-state index contributed by atoms with van der Waals surface area (Å²) in [6.07, 6.45) is 7.56. The summed E-state index contributed by atoms with van der Waals surface area (Å²) in [7, 11) is 0. The summed E-state index contributed by atoms with van der Waals surface area (Å²) in [6, 6.07) is 22.1. The van der Waals surface area contributed by atoms with E-state index in [0.717, 1.165) is 48.9 Å². The topological polar surface area (TPSA) is 63.1 Å². The third-order valence-corrected chi connectivity index (χ3v) is 29.0. The van der Waals surface area contributed by atoms with Crippen LogP contribution in [0.25, 0.3) is 42.3 Å². The van der Waals surface area contributed by atoms with Gasteiger partial charge in [-0.1, -0.05) is 41.5 Å². The van der Waals surface area contributed by atoms with Gasteiger partial charge in [-0.25, -0.2) is 0 Å². The number of rotatable bonds is 13. The van der Waals surface area contributed by atoms with E-state index >= 15 is 0 Å². The Kier molecular flexibility index (Phi) is 16.4. The molecule has 0 aliphatic carbocycles. The van der Waals surface area contributed by atoms with Gasteiger partial charge in [0.25, 0.3) is 0 Å². The number of ketones is 1. The Balaban J connectivity index is 0.000000398. The van der Waals surface area contributed by atoms with Crippen molar-refractivity contribution in [3.8, 4) is 11.3 Å². The molecule has 56 heavy (non-hydrogen) atoms. The van der Waals surface area contributed by atoms with E-state index in [4.69, 9.17) is 9.97 Å². The van der Waals surface area contributed by atoms with E-state index in [1.165, 1.54) is 37.2 Å². The molecule has 0 unspecified atom stereocenters. The first-order valence-corrected chi connectivity index (χ1v) is 26.3. The number of carbonyl (C=O) groups excluding carboxylic acids is 1. The molecule has 7 heteroatoms. The van der Waals surface area contributed by atoms with Crippen LogP contribution in [0.4, 0.5) is 0 Å². The Bertz CT molecular complexity index is 2110. The van der Waals surface area contributed by atoms with Crippen LogP contribution in [0.2, 0.25) is 14.3 Å². The second-order valence-electron chi connectivity index (χ2n) is 18.5. The predicted octanol–water partition coefficient (Wildman–Crippen LogP) is 14.6. The third-order valence-electron chi connectivity index (χ3n) is 13.0. The maximum Gasteiger partial charge on any atom is 0 e. The minimum absolute atomic E-state index is 0. The Morgan fingerprint density at radius 3 is 1.91 bits per heavy atom. The van der Waals surface area contributed by atoms with Gasteiger partial charge < -0.3 is 5.11 Å². The zero-order chi connectivity index (χ0) is 41.1. The maximum absolute atomic E-state index is 12.2. The van der Waals surface area contributed by atoms with E-state index in [9.17, 15) is 9.90 Å². The molecule has 5 aromatic rings. The van der Waals surface area contributed by atoms with Crippen molar-refractivity contribution in [2.75, 3.05) is 0 Å². The number of aliphatic hydroxyl groups excluding tert-OH is 1. The number of thiophene rings is 1. The third kappa shape index (κ3) is 9.73. The van der Waals surface area contributed by atoms with E-state index in [-0.39, 0.29) is 47.9 Å². The summed E-state index contributed by atoms with van der Waals surface area (Å²) in [4.78, 5) is 21.9. The van der Waals surface area contributed by atoms with Crippen LogP contribution in [0.15, 0.2) is 66.7 Å². The van der Waals surface area contributed by atoms with Gasteiger partial charge in [0.15, 0.2) is 5.78 Å². The summed E-state index contributed by atoms with van der Waals surface area (Å²) in [5.74, 6) is 0.286. The van der Waals surface area contributed by atoms with Gasteiger partial charge in [-0.05, 0) is 25.7 Å². The van der Waals surface area contributed by atoms with Gasteiger partial charge in [-0.3, -0.25) is 4.79 Å². The molecule has 0 aliphatic rings. The number of allylic oxidation sites excluding steroid dienone is 2. The fourth-order valence-corrected chi connectivity index (χ4v) is 24.7. The molecule has 4 nitrogen and oxygen atoms in total. The van der Waals surface area contributed by atoms with Crippen molar-refractivity contribution in [2.24, 2.45) is 16.2 Å². The second kappa shape index (κ2) is 19.1. The fourth-order valence-electron chi connectivity index (χ4n) is 8.87. The number of fused-ring (bicyclic) bond motifs is 4. The quantitative estimate of drug-likeness (QED) is 0.0552. The number of hydrogen-bond acceptors (Lipinski definition) is 5. The SMILES string of the molecule is CCC(C)(CC)C(=O)/C=C(\O)C(C)(CC)CC.C[CH](C)[Ge]([c]1cc(-c2ncnc3c2sc2cc(CC(C)(C)C)ccc23)[c-]c2ccccc12)([CH](C)C)[CH](C)C.[Ir]. The molecular formula is C49H69GeIrN2O2S-. The Morgan fingerprint density at radius 1 is 0.804 bits per heavy atom. The minimum Gasteiger partial charge on any atom is 0 e. The first-order chi connectivity index (χ1) is 25.7. The predicted molar refractivity (Wildman–Crippen MR) is 244 cm³/mol. The first-order valence-electron chi connectivity index (χ1n) is 20.8. The van der Waals surface area contributed by atoms with Crippen LogP contribution in [0, 0.1) is 22.3 Å². The maximum atomic E-state index is 12.2. The molecule has 0 saturated heterocycles. The normalized spacial score (nSPS) is 13.1. The van der Waals surface area contributed by atoms with E-state index in [1.807, 2.05) is 52.9 Å². The number of benzene rings is 3. The molecule has 5 rings (SSSR count). The number of aliphatic hydroxyl groups is 1. The van der Waals surface area contributed by atoms with Crippen molar-refractivity contribution >= 4 is 65.9 Å². The molecule has 0 bridgehead atoms. The Hall–Kier alpha value is -2.38. The van der Waals surface area contributed by atoms with Crippen molar-refractivity contribution in [1.29, 1.82) is 0 Å². The Labute approximate surface area is 359 Å². The zero-order valence-electron chi connectivity index (χ0n) is 37.0. The van der Waals surface area contributed by atoms with Crippen LogP contribution in [-0.2, 0) is 31.3 Å². The molecule has 0 spiro atoms. The standard InChI is InChI=1S/C34H41GeN2S.C15H28O2.Ir/c1-21(2)35(22(3)4,23(5)6)29-18-26(17-25-12-10-11-13-27(25)29)31-33-32(37-20-36-31)28-15-14-24(16-30(28)38-33)19-34(7,8)9;1-7-14(5,8-2)12(16)11-13(17)15(6,9-3)10-4;/h10-16,18,20-23H,19H2,1-9H3;11,16H,7-10H2,1-6H3;/q-1;;/b;12-11-;. The zero-order valence-corrected chi connectivity index (χ0v) is 42.3. The van der Waals surface area contributed by atoms with Gasteiger partial charge in [0.05, 0.1) is 0 Å². The summed E-state index contributed by atoms with van der Waals surface area (Å²) in [5.41, 5.74) is 4.23. The van der Waals surface area contributed by atoms with Crippen molar-refractivity contribution in [3.63, 3.8) is 0 Å². The average Bonchev–Trinajstić information content (AvgIpc) is 3.51. The van der Waals surface area contributed by atoms with E-state index in [0.29, 0.717) is 14.3 Å². The average molecular weight is 1010 g/mol. The molecule has 0 saturated carbocycles. The van der Waals surface area contributed by atoms with E-state index in [1.54, 1.807) is 10.7 Å². The summed E-state index contributed by atoms with van der Waals surface area (Å²) in [5, 5.41) is 14.0. The van der Waals surface area contributed by atoms with Gasteiger partial charge in [0.1, 0.15) is 5.76 Å². The molecule has 1 N–H and O–H groups in total. The first kappa shape index (κ1) is 48.0. The fraction of sp³-hybridized carbons (Fsp3) is 0.531. The molecule has 0 amide bonds. The summed E-state index contributed by atoms with van der Waals surface area (Å²) >= 11 is -0.772. The van der Waals surface area contributed by atoms with E-state index < -0.39 is 13.3 Å². The van der Waals surface area contributed by atoms with Gasteiger partial charge >= 0.3 is 236 Å². The monoisotopic (exact) mass is 1020 g/mol. The van der Waals surface area contributed by atoms with Crippen LogP contribution in [0.1, 0.15) is 135 Å². The Morgan fingerprint density at radius 2 is 1.38 bits per heavy atom. The van der Waals surface area contributed by atoms with E-state index in [2.05, 4.69) is 117 Å². The van der Waals surface area contributed by atoms with Crippen LogP contribution in [-0.4, -0.2) is 34.1 Å². The molecule has 0 fully saturated rings. The van der Waals surface area contributed by atoms with Crippen molar-refractivity contribution < 1.29 is 30.0 Å². The summed E-state index contributed by atoms with van der Waals surface area (Å²) < 4.78 is 6.08. The number of nitrogens with zero attached hydrogens (tertiary/aromatic N) is 2. The molecule has 307 valence electrons. The van der Waals surface area contributed by atoms with Crippen molar-refractivity contribution in [2.45, 2.75) is 150 Å². The molecule has 1 radical (unpaired) electrons. The molecule has 0 aliphatic heterocycles.